The maximum absolute atomic E-state index is 12.9. The van der Waals surface area contributed by atoms with Crippen LogP contribution in [0.1, 0.15) is 0 Å². The monoisotopic (exact) mass is 387 g/mol. The molecule has 0 spiro atoms. The van der Waals surface area contributed by atoms with E-state index in [1.807, 2.05) is 0 Å². The first-order valence-electron chi connectivity index (χ1n) is 8.30. The van der Waals surface area contributed by atoms with E-state index in [2.05, 4.69) is 5.32 Å². The summed E-state index contributed by atoms with van der Waals surface area (Å²) in [7, 11) is 1.54. The molecule has 0 aliphatic carbocycles. The van der Waals surface area contributed by atoms with Gasteiger partial charge in [0.25, 0.3) is 5.91 Å². The molecule has 0 bridgehead atoms. The minimum Gasteiger partial charge on any atom is -0.476 e. The molecule has 0 saturated heterocycles. The largest absolute Gasteiger partial charge is 0.476 e. The third kappa shape index (κ3) is 4.48. The summed E-state index contributed by atoms with van der Waals surface area (Å²) in [4.78, 5) is 24.8. The maximum atomic E-state index is 12.9. The molecule has 0 aliphatic heterocycles. The molecule has 27 heavy (non-hydrogen) atoms. The van der Waals surface area contributed by atoms with Crippen LogP contribution in [0.15, 0.2) is 57.7 Å². The van der Waals surface area contributed by atoms with Crippen molar-refractivity contribution in [3.8, 4) is 17.1 Å². The number of carbonyl (C=O) groups is 1. The average molecular weight is 388 g/mol. The molecule has 0 aliphatic rings. The molecule has 0 fully saturated rings. The lowest BCUT2D eigenvalue weighted by Gasteiger charge is -2.12. The Labute approximate surface area is 160 Å². The Morgan fingerprint density at radius 3 is 2.63 bits per heavy atom. The van der Waals surface area contributed by atoms with Gasteiger partial charge < -0.3 is 19.2 Å². The predicted molar refractivity (Wildman–Crippen MR) is 103 cm³/mol. The Balaban J connectivity index is 1.97. The van der Waals surface area contributed by atoms with Gasteiger partial charge in [0.05, 0.1) is 12.0 Å². The summed E-state index contributed by atoms with van der Waals surface area (Å²) < 4.78 is 16.3. The molecule has 6 nitrogen and oxygen atoms in total. The second-order valence-electron chi connectivity index (χ2n) is 5.72. The van der Waals surface area contributed by atoms with Gasteiger partial charge in [-0.15, -0.1) is 0 Å². The number of hydrogen-bond donors (Lipinski definition) is 1. The number of ether oxygens (including phenoxy) is 2. The topological polar surface area (TPSA) is 77.8 Å². The van der Waals surface area contributed by atoms with Gasteiger partial charge in [-0.2, -0.15) is 0 Å². The van der Waals surface area contributed by atoms with E-state index in [0.29, 0.717) is 34.7 Å². The van der Waals surface area contributed by atoms with Crippen LogP contribution >= 0.6 is 11.6 Å². The third-order valence-corrected chi connectivity index (χ3v) is 4.09. The van der Waals surface area contributed by atoms with Crippen molar-refractivity contribution in [2.75, 3.05) is 26.9 Å². The number of methoxy groups -OCH3 is 1. The van der Waals surface area contributed by atoms with Crippen LogP contribution in [0, 0.1) is 0 Å². The standard InChI is InChI=1S/C20H18ClNO5/c1-25-11-10-22-17(23)12-26-20-18(24)15-4-2-3-5-16(15)27-19(20)13-6-8-14(21)9-7-13/h2-9H,10-12H2,1H3,(H,22,23). The molecule has 7 heteroatoms. The highest BCUT2D eigenvalue weighted by atomic mass is 35.5. The van der Waals surface area contributed by atoms with Gasteiger partial charge in [0.2, 0.25) is 11.2 Å². The molecule has 0 unspecified atom stereocenters. The van der Waals surface area contributed by atoms with E-state index in [1.165, 1.54) is 0 Å². The molecule has 3 rings (SSSR count). The van der Waals surface area contributed by atoms with E-state index in [1.54, 1.807) is 55.6 Å². The summed E-state index contributed by atoms with van der Waals surface area (Å²) >= 11 is 5.94. The Hall–Kier alpha value is -2.83. The highest BCUT2D eigenvalue weighted by molar-refractivity contribution is 6.30. The maximum Gasteiger partial charge on any atom is 0.258 e. The highest BCUT2D eigenvalue weighted by Crippen LogP contribution is 2.31. The van der Waals surface area contributed by atoms with Crippen molar-refractivity contribution in [2.24, 2.45) is 0 Å². The lowest BCUT2D eigenvalue weighted by atomic mass is 10.1. The van der Waals surface area contributed by atoms with Crippen LogP contribution < -0.4 is 15.5 Å². The van der Waals surface area contributed by atoms with Gasteiger partial charge in [0.15, 0.2) is 12.4 Å². The summed E-state index contributed by atoms with van der Waals surface area (Å²) in [5, 5.41) is 3.58. The molecular weight excluding hydrogens is 370 g/mol. The molecule has 0 radical (unpaired) electrons. The van der Waals surface area contributed by atoms with Crippen molar-refractivity contribution in [3.63, 3.8) is 0 Å². The number of nitrogens with one attached hydrogen (secondary N) is 1. The summed E-state index contributed by atoms with van der Waals surface area (Å²) in [6, 6.07) is 13.7. The van der Waals surface area contributed by atoms with Crippen molar-refractivity contribution < 1.29 is 18.7 Å². The Morgan fingerprint density at radius 1 is 1.15 bits per heavy atom. The van der Waals surface area contributed by atoms with Crippen LogP contribution in [-0.2, 0) is 9.53 Å². The zero-order chi connectivity index (χ0) is 19.2. The average Bonchev–Trinajstić information content (AvgIpc) is 2.68. The lowest BCUT2D eigenvalue weighted by molar-refractivity contribution is -0.123. The molecule has 0 saturated carbocycles. The minimum atomic E-state index is -0.360. The number of halogens is 1. The zero-order valence-electron chi connectivity index (χ0n) is 14.7. The van der Waals surface area contributed by atoms with Crippen molar-refractivity contribution in [3.05, 3.63) is 63.8 Å². The Kier molecular flexibility index (Phi) is 6.11. The van der Waals surface area contributed by atoms with Gasteiger partial charge in [-0.25, -0.2) is 0 Å². The summed E-state index contributed by atoms with van der Waals surface area (Å²) in [6.45, 7) is 0.433. The first-order valence-corrected chi connectivity index (χ1v) is 8.68. The fourth-order valence-electron chi connectivity index (χ4n) is 2.53. The number of hydrogen-bond acceptors (Lipinski definition) is 5. The van der Waals surface area contributed by atoms with E-state index < -0.39 is 0 Å². The smallest absolute Gasteiger partial charge is 0.258 e. The number of fused-ring (bicyclic) bond motifs is 1. The van der Waals surface area contributed by atoms with Gasteiger partial charge in [0.1, 0.15) is 5.58 Å². The van der Waals surface area contributed by atoms with Crippen LogP contribution in [0.4, 0.5) is 0 Å². The van der Waals surface area contributed by atoms with Crippen LogP contribution in [0.2, 0.25) is 5.02 Å². The number of amides is 1. The Bertz CT molecular complexity index is 997. The molecular formula is C20H18ClNO5. The SMILES string of the molecule is COCCNC(=O)COc1c(-c2ccc(Cl)cc2)oc2ccccc2c1=O. The molecule has 1 amide bonds. The third-order valence-electron chi connectivity index (χ3n) is 3.84. The Morgan fingerprint density at radius 2 is 1.89 bits per heavy atom. The van der Waals surface area contributed by atoms with Crippen molar-refractivity contribution in [2.45, 2.75) is 0 Å². The van der Waals surface area contributed by atoms with E-state index in [9.17, 15) is 9.59 Å². The van der Waals surface area contributed by atoms with Gasteiger partial charge in [-0.3, -0.25) is 9.59 Å². The van der Waals surface area contributed by atoms with E-state index in [-0.39, 0.29) is 29.5 Å². The van der Waals surface area contributed by atoms with Gasteiger partial charge in [-0.1, -0.05) is 23.7 Å². The number of rotatable bonds is 7. The fraction of sp³-hybridized carbons (Fsp3) is 0.200. The quantitative estimate of drug-likeness (QED) is 0.629. The minimum absolute atomic E-state index is 0.0158. The fourth-order valence-corrected chi connectivity index (χ4v) is 2.65. The summed E-state index contributed by atoms with van der Waals surface area (Å²) in [5.41, 5.74) is 0.716. The van der Waals surface area contributed by atoms with E-state index in [4.69, 9.17) is 25.5 Å². The van der Waals surface area contributed by atoms with Gasteiger partial charge in [0, 0.05) is 24.2 Å². The molecule has 0 atom stereocenters. The normalized spacial score (nSPS) is 10.7. The van der Waals surface area contributed by atoms with Crippen LogP contribution in [0.3, 0.4) is 0 Å². The van der Waals surface area contributed by atoms with Gasteiger partial charge >= 0.3 is 0 Å². The highest BCUT2D eigenvalue weighted by Gasteiger charge is 2.18. The predicted octanol–water partition coefficient (Wildman–Crippen LogP) is 3.25. The molecule has 2 aromatic carbocycles. The second kappa shape index (κ2) is 8.70. The molecule has 1 heterocycles. The number of carbonyl (C=O) groups excluding carboxylic acids is 1. The van der Waals surface area contributed by atoms with Crippen molar-refractivity contribution in [1.29, 1.82) is 0 Å². The molecule has 3 aromatic rings. The van der Waals surface area contributed by atoms with Crippen LogP contribution in [-0.4, -0.2) is 32.8 Å². The summed E-state index contributed by atoms with van der Waals surface area (Å²) in [5.74, 6) is -0.125. The first-order chi connectivity index (χ1) is 13.1. The zero-order valence-corrected chi connectivity index (χ0v) is 15.4. The van der Waals surface area contributed by atoms with Crippen molar-refractivity contribution in [1.82, 2.24) is 5.32 Å². The van der Waals surface area contributed by atoms with Crippen LogP contribution in [0.5, 0.6) is 5.75 Å². The second-order valence-corrected chi connectivity index (χ2v) is 6.16. The lowest BCUT2D eigenvalue weighted by Crippen LogP contribution is -2.32. The van der Waals surface area contributed by atoms with E-state index in [0.717, 1.165) is 0 Å². The van der Waals surface area contributed by atoms with Crippen LogP contribution in [0.25, 0.3) is 22.3 Å². The molecule has 1 N–H and O–H groups in total. The number of benzene rings is 2. The van der Waals surface area contributed by atoms with Gasteiger partial charge in [-0.05, 0) is 36.4 Å². The first kappa shape index (κ1) is 18.9. The molecule has 1 aromatic heterocycles. The van der Waals surface area contributed by atoms with Crippen molar-refractivity contribution >= 4 is 28.5 Å². The summed E-state index contributed by atoms with van der Waals surface area (Å²) in [6.07, 6.45) is 0. The van der Waals surface area contributed by atoms with E-state index >= 15 is 0 Å². The number of para-hydroxylation sites is 1. The molecule has 140 valence electrons.